The van der Waals surface area contributed by atoms with Crippen LogP contribution in [0.4, 0.5) is 14.9 Å². The summed E-state index contributed by atoms with van der Waals surface area (Å²) >= 11 is 0. The number of fused-ring (bicyclic) bond motifs is 1. The van der Waals surface area contributed by atoms with E-state index < -0.39 is 41.6 Å². The summed E-state index contributed by atoms with van der Waals surface area (Å²) in [7, 11) is 1.37. The number of carboxylic acids is 1. The third kappa shape index (κ3) is 4.60. The molecule has 1 unspecified atom stereocenters. The maximum absolute atomic E-state index is 15.5. The number of ether oxygens (including phenoxy) is 3. The van der Waals surface area contributed by atoms with Gasteiger partial charge in [-0.25, -0.2) is 14.0 Å². The normalized spacial score (nSPS) is 17.9. The lowest BCUT2D eigenvalue weighted by atomic mass is 10.1. The molecule has 1 aromatic heterocycles. The molecular formula is C23H26FN3O8. The molecule has 1 atom stereocenters. The van der Waals surface area contributed by atoms with Gasteiger partial charge >= 0.3 is 18.0 Å². The van der Waals surface area contributed by atoms with Gasteiger partial charge in [-0.15, -0.1) is 0 Å². The van der Waals surface area contributed by atoms with Crippen LogP contribution >= 0.6 is 0 Å². The molecule has 1 saturated heterocycles. The van der Waals surface area contributed by atoms with Crippen molar-refractivity contribution in [1.82, 2.24) is 9.47 Å². The Hall–Kier alpha value is -3.83. The fourth-order valence-corrected chi connectivity index (χ4v) is 4.40. The first-order valence-corrected chi connectivity index (χ1v) is 11.1. The van der Waals surface area contributed by atoms with Crippen LogP contribution < -0.4 is 15.1 Å². The van der Waals surface area contributed by atoms with E-state index in [1.165, 1.54) is 25.1 Å². The Kier molecular flexibility index (Phi) is 6.55. The molecule has 35 heavy (non-hydrogen) atoms. The number of anilines is 1. The third-order valence-corrected chi connectivity index (χ3v) is 6.20. The van der Waals surface area contributed by atoms with Gasteiger partial charge in [0.25, 0.3) is 0 Å². The number of amides is 1. The van der Waals surface area contributed by atoms with Gasteiger partial charge < -0.3 is 33.7 Å². The molecule has 0 radical (unpaired) electrons. The van der Waals surface area contributed by atoms with E-state index in [4.69, 9.17) is 9.47 Å². The average molecular weight is 491 g/mol. The second kappa shape index (κ2) is 9.43. The van der Waals surface area contributed by atoms with Gasteiger partial charge in [0, 0.05) is 44.8 Å². The minimum Gasteiger partial charge on any atom is -0.492 e. The zero-order valence-corrected chi connectivity index (χ0v) is 19.6. The first-order chi connectivity index (χ1) is 16.6. The monoisotopic (exact) mass is 491 g/mol. The van der Waals surface area contributed by atoms with Crippen LogP contribution in [-0.4, -0.2) is 72.2 Å². The number of rotatable bonds is 6. The molecule has 1 aliphatic heterocycles. The van der Waals surface area contributed by atoms with Crippen LogP contribution in [0, 0.1) is 5.82 Å². The second-order valence-electron chi connectivity index (χ2n) is 8.60. The highest BCUT2D eigenvalue weighted by atomic mass is 19.1. The van der Waals surface area contributed by atoms with Crippen LogP contribution in [0.15, 0.2) is 17.1 Å². The summed E-state index contributed by atoms with van der Waals surface area (Å²) in [6.07, 6.45) is 2.25. The third-order valence-electron chi connectivity index (χ3n) is 6.20. The summed E-state index contributed by atoms with van der Waals surface area (Å²) in [5.74, 6) is -2.54. The minimum atomic E-state index is -1.37. The van der Waals surface area contributed by atoms with Crippen molar-refractivity contribution >= 4 is 34.6 Å². The Morgan fingerprint density at radius 3 is 2.49 bits per heavy atom. The number of benzene rings is 1. The summed E-state index contributed by atoms with van der Waals surface area (Å²) in [5, 5.41) is 9.41. The molecule has 2 aliphatic rings. The summed E-state index contributed by atoms with van der Waals surface area (Å²) < 4.78 is 32.4. The number of carboxylic acid groups (broad SMARTS) is 1. The van der Waals surface area contributed by atoms with E-state index in [9.17, 15) is 24.3 Å². The van der Waals surface area contributed by atoms with E-state index in [2.05, 4.69) is 4.74 Å². The molecule has 1 N–H and O–H groups in total. The van der Waals surface area contributed by atoms with E-state index >= 15 is 4.39 Å². The van der Waals surface area contributed by atoms with Crippen molar-refractivity contribution in [2.24, 2.45) is 0 Å². The molecule has 188 valence electrons. The van der Waals surface area contributed by atoms with Gasteiger partial charge in [-0.1, -0.05) is 0 Å². The highest BCUT2D eigenvalue weighted by molar-refractivity contribution is 5.97. The second-order valence-corrected chi connectivity index (χ2v) is 8.60. The van der Waals surface area contributed by atoms with Gasteiger partial charge in [0.05, 0.1) is 18.0 Å². The highest BCUT2D eigenvalue weighted by Crippen LogP contribution is 2.44. The SMILES string of the molecule is COc1c(N2CCN(C(=O)OCOC(C)=O)C(C)C2)c(F)cc2c(=O)c(C(=O)O)cn(C3CC3)c12. The number of aromatic carboxylic acids is 1. The number of methoxy groups -OCH3 is 1. The van der Waals surface area contributed by atoms with Crippen LogP contribution in [-0.2, 0) is 14.3 Å². The average Bonchev–Trinajstić information content (AvgIpc) is 3.63. The minimum absolute atomic E-state index is 0.00817. The van der Waals surface area contributed by atoms with E-state index in [-0.39, 0.29) is 48.5 Å². The van der Waals surface area contributed by atoms with E-state index in [0.29, 0.717) is 5.52 Å². The first kappa shape index (κ1) is 24.3. The number of pyridine rings is 1. The lowest BCUT2D eigenvalue weighted by Gasteiger charge is -2.40. The smallest absolute Gasteiger partial charge is 0.413 e. The maximum atomic E-state index is 15.5. The summed E-state index contributed by atoms with van der Waals surface area (Å²) in [6, 6.07) is 0.671. The van der Waals surface area contributed by atoms with Gasteiger partial charge in [0.15, 0.2) is 11.6 Å². The standard InChI is InChI=1S/C23H26FN3O8/c1-12-9-25(6-7-26(12)23(32)35-11-34-13(2)28)19-17(24)8-15-18(21(19)33-3)27(14-4-5-14)10-16(20(15)29)22(30)31/h8,10,12,14H,4-7,9,11H2,1-3H3,(H,30,31). The number of nitrogens with zero attached hydrogens (tertiary/aromatic N) is 3. The molecule has 2 fully saturated rings. The molecule has 1 aromatic carbocycles. The molecule has 11 nitrogen and oxygen atoms in total. The fraction of sp³-hybridized carbons (Fsp3) is 0.478. The Balaban J connectivity index is 1.69. The predicted molar refractivity (Wildman–Crippen MR) is 121 cm³/mol. The number of carbonyl (C=O) groups is 3. The van der Waals surface area contributed by atoms with E-state index in [1.54, 1.807) is 16.4 Å². The van der Waals surface area contributed by atoms with Gasteiger partial charge in [-0.2, -0.15) is 0 Å². The quantitative estimate of drug-likeness (QED) is 0.478. The molecule has 1 amide bonds. The number of hydrogen-bond donors (Lipinski definition) is 1. The number of hydrogen-bond acceptors (Lipinski definition) is 8. The summed E-state index contributed by atoms with van der Waals surface area (Å²) in [6.45, 7) is 3.16. The number of carbonyl (C=O) groups excluding carboxylic acids is 2. The van der Waals surface area contributed by atoms with Crippen molar-refractivity contribution in [1.29, 1.82) is 0 Å². The fourth-order valence-electron chi connectivity index (χ4n) is 4.40. The Bertz CT molecular complexity index is 1260. The number of esters is 1. The predicted octanol–water partition coefficient (Wildman–Crippen LogP) is 2.35. The van der Waals surface area contributed by atoms with Crippen molar-refractivity contribution < 1.29 is 38.1 Å². The van der Waals surface area contributed by atoms with Crippen LogP contribution in [0.1, 0.15) is 43.1 Å². The van der Waals surface area contributed by atoms with Crippen molar-refractivity contribution in [2.45, 2.75) is 38.8 Å². The number of halogens is 1. The molecule has 0 spiro atoms. The van der Waals surface area contributed by atoms with Crippen molar-refractivity contribution in [3.63, 3.8) is 0 Å². The lowest BCUT2D eigenvalue weighted by Crippen LogP contribution is -2.54. The summed E-state index contributed by atoms with van der Waals surface area (Å²) in [5.41, 5.74) is -0.719. The molecular weight excluding hydrogens is 465 g/mol. The van der Waals surface area contributed by atoms with Crippen molar-refractivity contribution in [3.8, 4) is 5.75 Å². The molecule has 12 heteroatoms. The Morgan fingerprint density at radius 2 is 1.91 bits per heavy atom. The zero-order valence-electron chi connectivity index (χ0n) is 19.6. The van der Waals surface area contributed by atoms with Crippen LogP contribution in [0.2, 0.25) is 0 Å². The number of aromatic nitrogens is 1. The van der Waals surface area contributed by atoms with Gasteiger partial charge in [0.2, 0.25) is 12.2 Å². The van der Waals surface area contributed by atoms with Gasteiger partial charge in [-0.05, 0) is 25.8 Å². The summed E-state index contributed by atoms with van der Waals surface area (Å²) in [4.78, 5) is 50.9. The molecule has 2 aromatic rings. The van der Waals surface area contributed by atoms with Crippen LogP contribution in [0.5, 0.6) is 5.75 Å². The lowest BCUT2D eigenvalue weighted by molar-refractivity contribution is -0.149. The van der Waals surface area contributed by atoms with Gasteiger partial charge in [0.1, 0.15) is 11.3 Å². The zero-order chi connectivity index (χ0) is 25.4. The van der Waals surface area contributed by atoms with E-state index in [0.717, 1.165) is 18.9 Å². The molecule has 4 rings (SSSR count). The molecule has 1 saturated carbocycles. The van der Waals surface area contributed by atoms with Crippen molar-refractivity contribution in [2.75, 3.05) is 38.4 Å². The Labute approximate surface area is 199 Å². The van der Waals surface area contributed by atoms with Gasteiger partial charge in [-0.3, -0.25) is 9.59 Å². The van der Waals surface area contributed by atoms with Crippen molar-refractivity contribution in [3.05, 3.63) is 33.9 Å². The maximum Gasteiger partial charge on any atom is 0.413 e. The number of piperazine rings is 1. The van der Waals surface area contributed by atoms with Crippen LogP contribution in [0.3, 0.4) is 0 Å². The van der Waals surface area contributed by atoms with E-state index in [1.807, 2.05) is 0 Å². The topological polar surface area (TPSA) is 128 Å². The molecule has 0 bridgehead atoms. The first-order valence-electron chi connectivity index (χ1n) is 11.1. The van der Waals surface area contributed by atoms with Crippen LogP contribution in [0.25, 0.3) is 10.9 Å². The molecule has 1 aliphatic carbocycles. The Morgan fingerprint density at radius 1 is 1.20 bits per heavy atom. The highest BCUT2D eigenvalue weighted by Gasteiger charge is 2.34. The molecule has 2 heterocycles. The largest absolute Gasteiger partial charge is 0.492 e.